The summed E-state index contributed by atoms with van der Waals surface area (Å²) < 4.78 is 15.8. The number of anilines is 1. The van der Waals surface area contributed by atoms with Gasteiger partial charge in [0, 0.05) is 24.7 Å². The number of hydrogen-bond acceptors (Lipinski definition) is 7. The van der Waals surface area contributed by atoms with Crippen LogP contribution in [-0.4, -0.2) is 55.0 Å². The van der Waals surface area contributed by atoms with Crippen LogP contribution in [0.3, 0.4) is 0 Å². The Hall–Kier alpha value is -3.88. The molecule has 0 saturated heterocycles. The van der Waals surface area contributed by atoms with Crippen molar-refractivity contribution >= 4 is 29.4 Å². The second kappa shape index (κ2) is 8.86. The number of fused-ring (bicyclic) bond motifs is 2. The average Bonchev–Trinajstić information content (AvgIpc) is 3.03. The smallest absolute Gasteiger partial charge is 0.306 e. The summed E-state index contributed by atoms with van der Waals surface area (Å²) in [6.45, 7) is 0.565. The number of nitrogens with zero attached hydrogens (tertiary/aromatic N) is 1. The van der Waals surface area contributed by atoms with Crippen molar-refractivity contribution in [2.75, 3.05) is 31.7 Å². The Kier molecular flexibility index (Phi) is 5.83. The van der Waals surface area contributed by atoms with E-state index in [1.165, 1.54) is 0 Å². The molecule has 2 aromatic rings. The Morgan fingerprint density at radius 2 is 1.65 bits per heavy atom. The molecule has 0 aliphatic carbocycles. The van der Waals surface area contributed by atoms with Gasteiger partial charge < -0.3 is 19.5 Å². The molecule has 2 heterocycles. The van der Waals surface area contributed by atoms with E-state index in [9.17, 15) is 19.2 Å². The SMILES string of the molecule is O=C(COC(=O)CCCN1C(=O)c2ccccc2C1=O)Nc1ccc2c(c1)OCCO2. The third-order valence-corrected chi connectivity index (χ3v) is 4.83. The maximum absolute atomic E-state index is 12.3. The second-order valence-corrected chi connectivity index (χ2v) is 6.98. The molecule has 3 amide bonds. The minimum Gasteiger partial charge on any atom is -0.486 e. The lowest BCUT2D eigenvalue weighted by molar-refractivity contribution is -0.147. The molecule has 31 heavy (non-hydrogen) atoms. The van der Waals surface area contributed by atoms with Gasteiger partial charge in [0.2, 0.25) is 0 Å². The lowest BCUT2D eigenvalue weighted by Crippen LogP contribution is -2.31. The molecule has 2 aliphatic heterocycles. The number of rotatable bonds is 7. The van der Waals surface area contributed by atoms with Gasteiger partial charge in [-0.1, -0.05) is 12.1 Å². The van der Waals surface area contributed by atoms with Gasteiger partial charge in [0.25, 0.3) is 17.7 Å². The third kappa shape index (κ3) is 4.50. The van der Waals surface area contributed by atoms with Crippen molar-refractivity contribution < 1.29 is 33.4 Å². The Morgan fingerprint density at radius 3 is 2.35 bits per heavy atom. The van der Waals surface area contributed by atoms with Gasteiger partial charge in [0.1, 0.15) is 13.2 Å². The van der Waals surface area contributed by atoms with E-state index in [0.29, 0.717) is 41.5 Å². The highest BCUT2D eigenvalue weighted by atomic mass is 16.6. The molecule has 2 aliphatic rings. The van der Waals surface area contributed by atoms with Crippen LogP contribution in [0.1, 0.15) is 33.6 Å². The molecule has 0 unspecified atom stereocenters. The molecule has 0 spiro atoms. The van der Waals surface area contributed by atoms with Crippen molar-refractivity contribution in [3.8, 4) is 11.5 Å². The number of amides is 3. The van der Waals surface area contributed by atoms with Gasteiger partial charge in [-0.2, -0.15) is 0 Å². The van der Waals surface area contributed by atoms with Crippen LogP contribution < -0.4 is 14.8 Å². The van der Waals surface area contributed by atoms with Crippen LogP contribution in [0.25, 0.3) is 0 Å². The summed E-state index contributed by atoms with van der Waals surface area (Å²) in [4.78, 5) is 49.6. The van der Waals surface area contributed by atoms with Crippen LogP contribution >= 0.6 is 0 Å². The van der Waals surface area contributed by atoms with Crippen molar-refractivity contribution in [1.29, 1.82) is 0 Å². The monoisotopic (exact) mass is 424 g/mol. The van der Waals surface area contributed by atoms with Gasteiger partial charge in [0.05, 0.1) is 11.1 Å². The fourth-order valence-corrected chi connectivity index (χ4v) is 3.36. The van der Waals surface area contributed by atoms with E-state index in [-0.39, 0.29) is 31.2 Å². The largest absolute Gasteiger partial charge is 0.486 e. The molecule has 0 aromatic heterocycles. The van der Waals surface area contributed by atoms with Crippen LogP contribution in [-0.2, 0) is 14.3 Å². The van der Waals surface area contributed by atoms with E-state index in [2.05, 4.69) is 5.32 Å². The fourth-order valence-electron chi connectivity index (χ4n) is 3.36. The Balaban J connectivity index is 1.19. The quantitative estimate of drug-likeness (QED) is 0.535. The predicted molar refractivity (Wildman–Crippen MR) is 108 cm³/mol. The van der Waals surface area contributed by atoms with Crippen LogP contribution in [0.2, 0.25) is 0 Å². The predicted octanol–water partition coefficient (Wildman–Crippen LogP) is 2.02. The summed E-state index contributed by atoms with van der Waals surface area (Å²) in [5, 5.41) is 2.62. The van der Waals surface area contributed by atoms with E-state index in [4.69, 9.17) is 14.2 Å². The summed E-state index contributed by atoms with van der Waals surface area (Å²) in [5.74, 6) is -0.678. The van der Waals surface area contributed by atoms with Gasteiger partial charge >= 0.3 is 5.97 Å². The molecular weight excluding hydrogens is 404 g/mol. The summed E-state index contributed by atoms with van der Waals surface area (Å²) in [6.07, 6.45) is 0.221. The Labute approximate surface area is 177 Å². The molecule has 9 nitrogen and oxygen atoms in total. The van der Waals surface area contributed by atoms with Gasteiger partial charge in [-0.05, 0) is 30.7 Å². The molecule has 4 rings (SSSR count). The van der Waals surface area contributed by atoms with Gasteiger partial charge in [-0.25, -0.2) is 0 Å². The van der Waals surface area contributed by atoms with E-state index in [0.717, 1.165) is 4.90 Å². The summed E-state index contributed by atoms with van der Waals surface area (Å²) in [7, 11) is 0. The maximum Gasteiger partial charge on any atom is 0.306 e. The van der Waals surface area contributed by atoms with Crippen LogP contribution in [0.15, 0.2) is 42.5 Å². The van der Waals surface area contributed by atoms with Crippen LogP contribution in [0.4, 0.5) is 5.69 Å². The highest BCUT2D eigenvalue weighted by molar-refractivity contribution is 6.21. The molecule has 0 saturated carbocycles. The third-order valence-electron chi connectivity index (χ3n) is 4.83. The molecule has 1 N–H and O–H groups in total. The molecule has 0 fully saturated rings. The lowest BCUT2D eigenvalue weighted by Gasteiger charge is -2.19. The minimum atomic E-state index is -0.589. The van der Waals surface area contributed by atoms with Crippen LogP contribution in [0.5, 0.6) is 11.5 Å². The van der Waals surface area contributed by atoms with Crippen molar-refractivity contribution in [2.45, 2.75) is 12.8 Å². The summed E-state index contributed by atoms with van der Waals surface area (Å²) in [5.41, 5.74) is 1.23. The highest BCUT2D eigenvalue weighted by Gasteiger charge is 2.34. The molecule has 0 atom stereocenters. The molecule has 160 valence electrons. The van der Waals surface area contributed by atoms with Crippen molar-refractivity contribution in [3.63, 3.8) is 0 Å². The summed E-state index contributed by atoms with van der Waals surface area (Å²) in [6, 6.07) is 11.6. The number of esters is 1. The van der Waals surface area contributed by atoms with E-state index in [1.807, 2.05) is 0 Å². The Bertz CT molecular complexity index is 1010. The van der Waals surface area contributed by atoms with Crippen molar-refractivity contribution in [2.24, 2.45) is 0 Å². The molecule has 2 aromatic carbocycles. The van der Waals surface area contributed by atoms with Crippen molar-refractivity contribution in [3.05, 3.63) is 53.6 Å². The molecular formula is C22H20N2O7. The first kappa shape index (κ1) is 20.4. The number of benzene rings is 2. The second-order valence-electron chi connectivity index (χ2n) is 6.98. The number of carbonyl (C=O) groups excluding carboxylic acids is 4. The molecule has 0 radical (unpaired) electrons. The number of nitrogens with one attached hydrogen (secondary N) is 1. The molecule has 9 heteroatoms. The van der Waals surface area contributed by atoms with Gasteiger partial charge in [-0.3, -0.25) is 24.1 Å². The van der Waals surface area contributed by atoms with Crippen LogP contribution in [0, 0.1) is 0 Å². The van der Waals surface area contributed by atoms with Gasteiger partial charge in [0.15, 0.2) is 18.1 Å². The number of hydrogen-bond donors (Lipinski definition) is 1. The average molecular weight is 424 g/mol. The van der Waals surface area contributed by atoms with E-state index >= 15 is 0 Å². The first-order chi connectivity index (χ1) is 15.0. The number of carbonyl (C=O) groups is 4. The fraction of sp³-hybridized carbons (Fsp3) is 0.273. The zero-order chi connectivity index (χ0) is 21.8. The standard InChI is InChI=1S/C22H20N2O7/c25-19(23-14-7-8-17-18(12-14)30-11-10-29-17)13-31-20(26)6-3-9-24-21(27)15-4-1-2-5-16(15)22(24)28/h1-2,4-5,7-8,12H,3,6,9-11,13H2,(H,23,25). The number of imide groups is 1. The lowest BCUT2D eigenvalue weighted by atomic mass is 10.1. The zero-order valence-electron chi connectivity index (χ0n) is 16.6. The normalized spacial score (nSPS) is 14.3. The topological polar surface area (TPSA) is 111 Å². The minimum absolute atomic E-state index is 0.0231. The highest BCUT2D eigenvalue weighted by Crippen LogP contribution is 2.32. The first-order valence-corrected chi connectivity index (χ1v) is 9.83. The maximum atomic E-state index is 12.3. The van der Waals surface area contributed by atoms with E-state index in [1.54, 1.807) is 42.5 Å². The van der Waals surface area contributed by atoms with Gasteiger partial charge in [-0.15, -0.1) is 0 Å². The van der Waals surface area contributed by atoms with E-state index < -0.39 is 18.5 Å². The summed E-state index contributed by atoms with van der Waals surface area (Å²) >= 11 is 0. The Morgan fingerprint density at radius 1 is 0.968 bits per heavy atom. The van der Waals surface area contributed by atoms with Crippen molar-refractivity contribution in [1.82, 2.24) is 4.90 Å². The number of ether oxygens (including phenoxy) is 3. The first-order valence-electron chi connectivity index (χ1n) is 9.83. The molecule has 0 bridgehead atoms. The zero-order valence-corrected chi connectivity index (χ0v) is 16.6.